The van der Waals surface area contributed by atoms with Crippen molar-refractivity contribution in [2.45, 2.75) is 45.6 Å². The zero-order valence-corrected chi connectivity index (χ0v) is 12.3. The molecule has 0 aliphatic carbocycles. The first-order valence-corrected chi connectivity index (χ1v) is 6.35. The number of carboxylic acids is 1. The molecule has 0 aromatic heterocycles. The zero-order chi connectivity index (χ0) is 17.4. The number of nitrogens with zero attached hydrogens (tertiary/aromatic N) is 1. The molecule has 10 nitrogen and oxygen atoms in total. The van der Waals surface area contributed by atoms with Gasteiger partial charge in [-0.05, 0) is 12.8 Å². The van der Waals surface area contributed by atoms with Crippen LogP contribution in [-0.2, 0) is 9.59 Å². The third-order valence-electron chi connectivity index (χ3n) is 2.19. The number of aliphatic carboxylic acids is 1. The summed E-state index contributed by atoms with van der Waals surface area (Å²) >= 11 is 0. The molecule has 0 saturated heterocycles. The van der Waals surface area contributed by atoms with E-state index in [9.17, 15) is 9.59 Å². The Kier molecular flexibility index (Phi) is 18.5. The van der Waals surface area contributed by atoms with Gasteiger partial charge in [-0.3, -0.25) is 9.59 Å². The molecule has 0 aliphatic heterocycles. The predicted octanol–water partition coefficient (Wildman–Crippen LogP) is -0.269. The van der Waals surface area contributed by atoms with Crippen molar-refractivity contribution in [2.24, 2.45) is 17.4 Å². The predicted molar refractivity (Wildman–Crippen MR) is 74.0 cm³/mol. The van der Waals surface area contributed by atoms with Crippen molar-refractivity contribution >= 4 is 11.9 Å². The Bertz CT molecular complexity index is 290. The highest BCUT2D eigenvalue weighted by molar-refractivity contribution is 5.79. The average molecular weight is 311 g/mol. The lowest BCUT2D eigenvalue weighted by Crippen LogP contribution is -2.39. The molecule has 0 spiro atoms. The van der Waals surface area contributed by atoms with E-state index in [0.717, 1.165) is 25.7 Å². The maximum atomic E-state index is 10.5. The van der Waals surface area contributed by atoms with E-state index in [1.807, 2.05) is 13.8 Å². The average Bonchev–Trinajstić information content (AvgIpc) is 2.37. The summed E-state index contributed by atoms with van der Waals surface area (Å²) in [6.45, 7) is 3.66. The van der Waals surface area contributed by atoms with E-state index in [1.54, 1.807) is 0 Å². The van der Waals surface area contributed by atoms with Crippen molar-refractivity contribution < 1.29 is 30.1 Å². The quantitative estimate of drug-likeness (QED) is 0.313. The summed E-state index contributed by atoms with van der Waals surface area (Å²) < 4.78 is 0. The highest BCUT2D eigenvalue weighted by atomic mass is 16.9. The summed E-state index contributed by atoms with van der Waals surface area (Å²) in [5, 5.41) is 30.4. The summed E-state index contributed by atoms with van der Waals surface area (Å²) in [4.78, 5) is 28.7. The number of carboxylic acid groups (broad SMARTS) is 1. The number of primary amides is 1. The van der Waals surface area contributed by atoms with E-state index in [0.29, 0.717) is 0 Å². The molecular formula is C11H25N3O7. The van der Waals surface area contributed by atoms with Crippen LogP contribution in [0.1, 0.15) is 39.5 Å². The fourth-order valence-electron chi connectivity index (χ4n) is 1.18. The zero-order valence-electron chi connectivity index (χ0n) is 12.3. The van der Waals surface area contributed by atoms with Gasteiger partial charge in [-0.1, -0.05) is 26.7 Å². The molecule has 0 aromatic rings. The summed E-state index contributed by atoms with van der Waals surface area (Å²) in [5.41, 5.74) is 9.51. The number of carbonyl (C=O) groups is 2. The minimum Gasteiger partial charge on any atom is -0.481 e. The highest BCUT2D eigenvalue weighted by Gasteiger charge is 2.13. The second-order valence-electron chi connectivity index (χ2n) is 4.04. The number of amides is 1. The van der Waals surface area contributed by atoms with Crippen molar-refractivity contribution in [3.63, 3.8) is 0 Å². The van der Waals surface area contributed by atoms with Gasteiger partial charge in [0.2, 0.25) is 5.91 Å². The summed E-state index contributed by atoms with van der Waals surface area (Å²) in [6.07, 6.45) is 3.58. The molecular weight excluding hydrogens is 286 g/mol. The van der Waals surface area contributed by atoms with Crippen LogP contribution in [0.4, 0.5) is 0 Å². The third-order valence-corrected chi connectivity index (χ3v) is 2.19. The molecule has 0 heterocycles. The molecule has 0 saturated carbocycles. The summed E-state index contributed by atoms with van der Waals surface area (Å²) in [5.74, 6) is -1.42. The van der Waals surface area contributed by atoms with E-state index in [-0.39, 0.29) is 12.5 Å². The van der Waals surface area contributed by atoms with Gasteiger partial charge in [0.05, 0.1) is 12.5 Å². The molecule has 0 fully saturated rings. The van der Waals surface area contributed by atoms with Crippen molar-refractivity contribution in [3.8, 4) is 0 Å². The number of hydrogen-bond acceptors (Lipinski definition) is 6. The Hall–Kier alpha value is -1.94. The number of rotatable bonds is 7. The topological polar surface area (TPSA) is 190 Å². The second kappa shape index (κ2) is 16.1. The van der Waals surface area contributed by atoms with Gasteiger partial charge in [-0.2, -0.15) is 0 Å². The minimum absolute atomic E-state index is 0.102. The standard InChI is InChI=1S/C8H16O2.C3H8N2O2.HNO3/c1-3-5-7(6-4-2)8(9)10;4-2(1-6)3(5)7;2-1(3)4/h7H,3-6H2,1-2H3,(H,9,10);2,6H,1,4H2,(H2,5,7);(H,2,3,4). The van der Waals surface area contributed by atoms with E-state index >= 15 is 0 Å². The summed E-state index contributed by atoms with van der Waals surface area (Å²) in [6, 6.07) is -0.903. The first-order chi connectivity index (χ1) is 9.63. The molecule has 10 heteroatoms. The first kappa shape index (κ1) is 24.1. The Morgan fingerprint density at radius 3 is 1.67 bits per heavy atom. The molecule has 7 N–H and O–H groups in total. The van der Waals surface area contributed by atoms with Crippen molar-refractivity contribution in [3.05, 3.63) is 10.1 Å². The van der Waals surface area contributed by atoms with Crippen LogP contribution >= 0.6 is 0 Å². The van der Waals surface area contributed by atoms with E-state index < -0.39 is 23.0 Å². The smallest absolute Gasteiger partial charge is 0.306 e. The van der Waals surface area contributed by atoms with Crippen molar-refractivity contribution in [2.75, 3.05) is 6.61 Å². The van der Waals surface area contributed by atoms with Gasteiger partial charge in [0, 0.05) is 0 Å². The number of aliphatic hydroxyl groups excluding tert-OH is 1. The molecule has 0 rings (SSSR count). The van der Waals surface area contributed by atoms with E-state index in [1.165, 1.54) is 0 Å². The molecule has 0 aromatic carbocycles. The van der Waals surface area contributed by atoms with Crippen LogP contribution in [0.5, 0.6) is 0 Å². The minimum atomic E-state index is -1.50. The maximum absolute atomic E-state index is 10.5. The largest absolute Gasteiger partial charge is 0.481 e. The maximum Gasteiger partial charge on any atom is 0.306 e. The number of hydrogen-bond donors (Lipinski definition) is 5. The fourth-order valence-corrected chi connectivity index (χ4v) is 1.18. The Morgan fingerprint density at radius 2 is 1.57 bits per heavy atom. The van der Waals surface area contributed by atoms with Crippen LogP contribution in [0.3, 0.4) is 0 Å². The van der Waals surface area contributed by atoms with Gasteiger partial charge in [0.15, 0.2) is 0 Å². The van der Waals surface area contributed by atoms with Gasteiger partial charge in [-0.15, -0.1) is 10.1 Å². The Balaban J connectivity index is -0.000000256. The monoisotopic (exact) mass is 311 g/mol. The molecule has 1 atom stereocenters. The number of nitrogens with two attached hydrogens (primary N) is 2. The highest BCUT2D eigenvalue weighted by Crippen LogP contribution is 2.12. The third kappa shape index (κ3) is 23.6. The summed E-state index contributed by atoms with van der Waals surface area (Å²) in [7, 11) is 0. The van der Waals surface area contributed by atoms with Gasteiger partial charge >= 0.3 is 5.97 Å². The molecule has 0 radical (unpaired) electrons. The van der Waals surface area contributed by atoms with Crippen molar-refractivity contribution in [1.82, 2.24) is 0 Å². The van der Waals surface area contributed by atoms with Gasteiger partial charge in [0.1, 0.15) is 6.04 Å². The number of aliphatic hydroxyl groups is 1. The Labute approximate surface area is 122 Å². The lowest BCUT2D eigenvalue weighted by molar-refractivity contribution is -0.742. The molecule has 0 aliphatic rings. The van der Waals surface area contributed by atoms with Gasteiger partial charge < -0.3 is 26.9 Å². The van der Waals surface area contributed by atoms with Crippen LogP contribution in [0.15, 0.2) is 0 Å². The fraction of sp³-hybridized carbons (Fsp3) is 0.818. The van der Waals surface area contributed by atoms with Crippen LogP contribution in [-0.4, -0.2) is 45.0 Å². The van der Waals surface area contributed by atoms with Gasteiger partial charge in [0.25, 0.3) is 5.09 Å². The Morgan fingerprint density at radius 1 is 1.24 bits per heavy atom. The lowest BCUT2D eigenvalue weighted by Gasteiger charge is -2.07. The van der Waals surface area contributed by atoms with Crippen LogP contribution in [0, 0.1) is 16.0 Å². The SMILES string of the molecule is CCCC(CCC)C(=O)O.NC(=O)C(N)CO.O=[N+]([O-])O. The molecule has 1 amide bonds. The van der Waals surface area contributed by atoms with Crippen LogP contribution < -0.4 is 11.5 Å². The van der Waals surface area contributed by atoms with Crippen LogP contribution in [0.25, 0.3) is 0 Å². The van der Waals surface area contributed by atoms with Crippen molar-refractivity contribution in [1.29, 1.82) is 0 Å². The molecule has 1 unspecified atom stereocenters. The number of carbonyl (C=O) groups excluding carboxylic acids is 1. The molecule has 0 bridgehead atoms. The normalized spacial score (nSPS) is 10.5. The molecule has 126 valence electrons. The molecule has 21 heavy (non-hydrogen) atoms. The lowest BCUT2D eigenvalue weighted by atomic mass is 9.99. The van der Waals surface area contributed by atoms with Gasteiger partial charge in [-0.25, -0.2) is 0 Å². The first-order valence-electron chi connectivity index (χ1n) is 6.35. The second-order valence-corrected chi connectivity index (χ2v) is 4.04. The van der Waals surface area contributed by atoms with Crippen LogP contribution in [0.2, 0.25) is 0 Å². The van der Waals surface area contributed by atoms with E-state index in [4.69, 9.17) is 31.3 Å². The van der Waals surface area contributed by atoms with E-state index in [2.05, 4.69) is 5.73 Å².